The van der Waals surface area contributed by atoms with E-state index >= 15 is 0 Å². The third-order valence-corrected chi connectivity index (χ3v) is 7.28. The Labute approximate surface area is 159 Å². The Balaban J connectivity index is 1.51. The molecule has 26 heavy (non-hydrogen) atoms. The molecular formula is C23H38O3. The number of ether oxygens (including phenoxy) is 2. The molecule has 0 unspecified atom stereocenters. The highest BCUT2D eigenvalue weighted by Crippen LogP contribution is 2.44. The molecule has 1 N–H and O–H groups in total. The molecule has 3 nitrogen and oxygen atoms in total. The average Bonchev–Trinajstić information content (AvgIpc) is 2.97. The van der Waals surface area contributed by atoms with Gasteiger partial charge in [-0.05, 0) is 44.1 Å². The molecule has 0 amide bonds. The summed E-state index contributed by atoms with van der Waals surface area (Å²) in [6.45, 7) is 3.98. The van der Waals surface area contributed by atoms with Crippen LogP contribution in [0.15, 0.2) is 11.6 Å². The topological polar surface area (TPSA) is 38.7 Å². The van der Waals surface area contributed by atoms with Crippen molar-refractivity contribution in [1.82, 2.24) is 0 Å². The fraction of sp³-hybridized carbons (Fsp3) is 0.913. The molecule has 4 rings (SSSR count). The van der Waals surface area contributed by atoms with Crippen molar-refractivity contribution < 1.29 is 14.6 Å². The molecule has 4 aliphatic rings. The zero-order valence-corrected chi connectivity index (χ0v) is 16.8. The summed E-state index contributed by atoms with van der Waals surface area (Å²) in [5.41, 5.74) is 1.43. The van der Waals surface area contributed by atoms with E-state index in [1.165, 1.54) is 69.8 Å². The third-order valence-electron chi connectivity index (χ3n) is 7.28. The summed E-state index contributed by atoms with van der Waals surface area (Å²) >= 11 is 0. The van der Waals surface area contributed by atoms with Crippen LogP contribution in [0.2, 0.25) is 0 Å². The van der Waals surface area contributed by atoms with Gasteiger partial charge in [0, 0.05) is 5.92 Å². The van der Waals surface area contributed by atoms with E-state index in [-0.39, 0.29) is 18.1 Å². The van der Waals surface area contributed by atoms with Crippen molar-refractivity contribution in [2.45, 2.75) is 115 Å². The summed E-state index contributed by atoms with van der Waals surface area (Å²) < 4.78 is 12.5. The van der Waals surface area contributed by atoms with Crippen LogP contribution in [0.4, 0.5) is 0 Å². The average molecular weight is 363 g/mol. The van der Waals surface area contributed by atoms with Gasteiger partial charge in [-0.25, -0.2) is 0 Å². The minimum Gasteiger partial charge on any atom is -0.390 e. The van der Waals surface area contributed by atoms with Gasteiger partial charge in [0.05, 0.1) is 6.10 Å². The maximum atomic E-state index is 11.1. The molecule has 3 aliphatic carbocycles. The predicted molar refractivity (Wildman–Crippen MR) is 104 cm³/mol. The van der Waals surface area contributed by atoms with Crippen LogP contribution >= 0.6 is 0 Å². The van der Waals surface area contributed by atoms with Crippen LogP contribution in [0.5, 0.6) is 0 Å². The highest BCUT2D eigenvalue weighted by molar-refractivity contribution is 5.22. The Morgan fingerprint density at radius 2 is 1.54 bits per heavy atom. The number of fused-ring (bicyclic) bond motifs is 1. The van der Waals surface area contributed by atoms with Crippen LogP contribution in [0.3, 0.4) is 0 Å². The largest absolute Gasteiger partial charge is 0.390 e. The SMILES string of the molecule is CC1(C)O[C@H]2[C@H](O)[C@H](CC3CCCCC3)C=C(CC3CCCCC3)[C@H]2O1. The van der Waals surface area contributed by atoms with Crippen LogP contribution in [0, 0.1) is 17.8 Å². The van der Waals surface area contributed by atoms with Crippen molar-refractivity contribution in [2.24, 2.45) is 17.8 Å². The van der Waals surface area contributed by atoms with Gasteiger partial charge in [-0.3, -0.25) is 0 Å². The Kier molecular flexibility index (Phi) is 5.78. The molecule has 2 saturated carbocycles. The quantitative estimate of drug-likeness (QED) is 0.684. The lowest BCUT2D eigenvalue weighted by atomic mass is 9.73. The van der Waals surface area contributed by atoms with Gasteiger partial charge in [0.25, 0.3) is 0 Å². The number of rotatable bonds is 4. The maximum Gasteiger partial charge on any atom is 0.164 e. The van der Waals surface area contributed by atoms with E-state index in [9.17, 15) is 5.11 Å². The van der Waals surface area contributed by atoms with E-state index in [1.54, 1.807) is 0 Å². The number of hydrogen-bond donors (Lipinski definition) is 1. The van der Waals surface area contributed by atoms with Crippen molar-refractivity contribution in [3.05, 3.63) is 11.6 Å². The fourth-order valence-corrected chi connectivity index (χ4v) is 5.96. The van der Waals surface area contributed by atoms with Gasteiger partial charge >= 0.3 is 0 Å². The van der Waals surface area contributed by atoms with E-state index in [4.69, 9.17) is 9.47 Å². The maximum absolute atomic E-state index is 11.1. The normalized spacial score (nSPS) is 38.8. The molecule has 0 aromatic carbocycles. The first-order chi connectivity index (χ1) is 12.5. The van der Waals surface area contributed by atoms with Crippen molar-refractivity contribution >= 4 is 0 Å². The van der Waals surface area contributed by atoms with Gasteiger partial charge in [-0.2, -0.15) is 0 Å². The minimum atomic E-state index is -0.582. The van der Waals surface area contributed by atoms with Crippen molar-refractivity contribution in [3.8, 4) is 0 Å². The molecule has 0 bridgehead atoms. The van der Waals surface area contributed by atoms with E-state index in [1.807, 2.05) is 13.8 Å². The Morgan fingerprint density at radius 1 is 0.923 bits per heavy atom. The van der Waals surface area contributed by atoms with Crippen molar-refractivity contribution in [2.75, 3.05) is 0 Å². The molecule has 3 fully saturated rings. The second kappa shape index (κ2) is 7.93. The Hall–Kier alpha value is -0.380. The van der Waals surface area contributed by atoms with E-state index in [2.05, 4.69) is 6.08 Å². The summed E-state index contributed by atoms with van der Waals surface area (Å²) in [5.74, 6) is 1.24. The molecule has 0 spiro atoms. The molecule has 0 radical (unpaired) electrons. The molecule has 0 aromatic heterocycles. The number of hydrogen-bond acceptors (Lipinski definition) is 3. The summed E-state index contributed by atoms with van der Waals surface area (Å²) in [6.07, 6.45) is 17.7. The van der Waals surface area contributed by atoms with Gasteiger partial charge in [0.1, 0.15) is 12.2 Å². The first-order valence-electron chi connectivity index (χ1n) is 11.3. The van der Waals surface area contributed by atoms with Gasteiger partial charge in [0.15, 0.2) is 5.79 Å². The Morgan fingerprint density at radius 3 is 2.19 bits per heavy atom. The van der Waals surface area contributed by atoms with E-state index in [0.717, 1.165) is 24.7 Å². The molecule has 3 heteroatoms. The van der Waals surface area contributed by atoms with Crippen molar-refractivity contribution in [1.29, 1.82) is 0 Å². The van der Waals surface area contributed by atoms with Gasteiger partial charge in [-0.15, -0.1) is 0 Å². The van der Waals surface area contributed by atoms with E-state index < -0.39 is 11.9 Å². The summed E-state index contributed by atoms with van der Waals surface area (Å²) in [5, 5.41) is 11.1. The highest BCUT2D eigenvalue weighted by Gasteiger charge is 2.50. The monoisotopic (exact) mass is 362 g/mol. The van der Waals surface area contributed by atoms with Crippen LogP contribution in [0.25, 0.3) is 0 Å². The van der Waals surface area contributed by atoms with Gasteiger partial charge in [-0.1, -0.05) is 70.3 Å². The number of aliphatic hydroxyl groups excluding tert-OH is 1. The first-order valence-corrected chi connectivity index (χ1v) is 11.3. The molecule has 148 valence electrons. The van der Waals surface area contributed by atoms with Crippen LogP contribution in [-0.2, 0) is 9.47 Å². The van der Waals surface area contributed by atoms with Gasteiger partial charge < -0.3 is 14.6 Å². The minimum absolute atomic E-state index is 0.0375. The molecule has 0 aromatic rings. The fourth-order valence-electron chi connectivity index (χ4n) is 5.96. The van der Waals surface area contributed by atoms with E-state index in [0.29, 0.717) is 0 Å². The predicted octanol–water partition coefficient (Wildman–Crippen LogP) is 5.36. The van der Waals surface area contributed by atoms with Crippen LogP contribution < -0.4 is 0 Å². The first kappa shape index (κ1) is 19.0. The second-order valence-electron chi connectivity index (χ2n) is 9.86. The standard InChI is InChI=1S/C23H38O3/c1-23(2)25-21-19(14-17-11-7-4-8-12-17)15-18(20(24)22(21)26-23)13-16-9-5-3-6-10-16/h15-18,20-22,24H,3-14H2,1-2H3/t18-,20-,21-,22+/m1/s1. The summed E-state index contributed by atoms with van der Waals surface area (Å²) in [7, 11) is 0. The summed E-state index contributed by atoms with van der Waals surface area (Å²) in [6, 6.07) is 0. The van der Waals surface area contributed by atoms with Gasteiger partial charge in [0.2, 0.25) is 0 Å². The molecule has 4 atom stereocenters. The van der Waals surface area contributed by atoms with Crippen molar-refractivity contribution in [3.63, 3.8) is 0 Å². The highest BCUT2D eigenvalue weighted by atomic mass is 16.8. The Bertz CT molecular complexity index is 500. The summed E-state index contributed by atoms with van der Waals surface area (Å²) in [4.78, 5) is 0. The zero-order chi connectivity index (χ0) is 18.1. The van der Waals surface area contributed by atoms with Crippen LogP contribution in [-0.4, -0.2) is 29.2 Å². The lowest BCUT2D eigenvalue weighted by Gasteiger charge is -2.37. The molecular weight excluding hydrogens is 324 g/mol. The lowest BCUT2D eigenvalue weighted by Crippen LogP contribution is -2.45. The third kappa shape index (κ3) is 4.20. The zero-order valence-electron chi connectivity index (χ0n) is 16.8. The number of aliphatic hydroxyl groups is 1. The van der Waals surface area contributed by atoms with Crippen LogP contribution in [0.1, 0.15) is 90.9 Å². The second-order valence-corrected chi connectivity index (χ2v) is 9.86. The lowest BCUT2D eigenvalue weighted by molar-refractivity contribution is -0.155. The molecule has 1 saturated heterocycles. The molecule has 1 aliphatic heterocycles. The smallest absolute Gasteiger partial charge is 0.164 e. The molecule has 1 heterocycles.